The van der Waals surface area contributed by atoms with Crippen molar-refractivity contribution in [2.24, 2.45) is 17.6 Å². The maximum atomic E-state index is 12.6. The average Bonchev–Trinajstić information content (AvgIpc) is 2.74. The van der Waals surface area contributed by atoms with Gasteiger partial charge < -0.3 is 5.73 Å². The van der Waals surface area contributed by atoms with Gasteiger partial charge in [0.15, 0.2) is 0 Å². The molecule has 2 rings (SSSR count). The molecule has 1 aliphatic carbocycles. The van der Waals surface area contributed by atoms with E-state index >= 15 is 0 Å². The molecule has 1 fully saturated rings. The molecule has 19 heavy (non-hydrogen) atoms. The minimum Gasteiger partial charge on any atom is -0.327 e. The van der Waals surface area contributed by atoms with Gasteiger partial charge in [-0.3, -0.25) is 0 Å². The van der Waals surface area contributed by atoms with Crippen molar-refractivity contribution in [3.8, 4) is 0 Å². The summed E-state index contributed by atoms with van der Waals surface area (Å²) in [6.07, 6.45) is -1.77. The van der Waals surface area contributed by atoms with Crippen molar-refractivity contribution in [3.05, 3.63) is 16.1 Å². The lowest BCUT2D eigenvalue weighted by atomic mass is 9.77. The number of aryl methyl sites for hydroxylation is 1. The number of hydrogen-bond acceptors (Lipinski definition) is 3. The summed E-state index contributed by atoms with van der Waals surface area (Å²) in [5.41, 5.74) is 7.09. The fourth-order valence-electron chi connectivity index (χ4n) is 2.78. The van der Waals surface area contributed by atoms with Crippen LogP contribution in [0.4, 0.5) is 13.2 Å². The first kappa shape index (κ1) is 14.8. The van der Waals surface area contributed by atoms with Crippen molar-refractivity contribution in [2.45, 2.75) is 51.2 Å². The molecule has 6 heteroatoms. The summed E-state index contributed by atoms with van der Waals surface area (Å²) in [6.45, 7) is 1.94. The van der Waals surface area contributed by atoms with Crippen LogP contribution in [-0.4, -0.2) is 17.2 Å². The fourth-order valence-corrected chi connectivity index (χ4v) is 3.41. The molecular weight excluding hydrogens is 273 g/mol. The zero-order valence-corrected chi connectivity index (χ0v) is 11.7. The van der Waals surface area contributed by atoms with Gasteiger partial charge >= 0.3 is 6.18 Å². The van der Waals surface area contributed by atoms with Crippen molar-refractivity contribution in [2.75, 3.05) is 0 Å². The molecule has 1 aliphatic rings. The Hall–Kier alpha value is -0.620. The second kappa shape index (κ2) is 5.79. The van der Waals surface area contributed by atoms with Crippen molar-refractivity contribution in [3.63, 3.8) is 0 Å². The van der Waals surface area contributed by atoms with Crippen LogP contribution in [0.5, 0.6) is 0 Å². The predicted octanol–water partition coefficient (Wildman–Crippen LogP) is 3.69. The Bertz CT molecular complexity index is 408. The molecule has 1 heterocycles. The zero-order chi connectivity index (χ0) is 14.0. The van der Waals surface area contributed by atoms with E-state index in [1.807, 2.05) is 12.3 Å². The number of hydrogen-bond donors (Lipinski definition) is 1. The third-order valence-electron chi connectivity index (χ3n) is 3.95. The molecule has 1 aromatic rings. The van der Waals surface area contributed by atoms with Crippen molar-refractivity contribution in [1.82, 2.24) is 4.98 Å². The molecule has 0 aliphatic heterocycles. The predicted molar refractivity (Wildman–Crippen MR) is 70.0 cm³/mol. The molecule has 1 aromatic heterocycles. The first-order valence-corrected chi connectivity index (χ1v) is 7.47. The van der Waals surface area contributed by atoms with E-state index in [0.717, 1.165) is 10.7 Å². The third kappa shape index (κ3) is 3.92. The van der Waals surface area contributed by atoms with Crippen LogP contribution < -0.4 is 5.73 Å². The monoisotopic (exact) mass is 292 g/mol. The first-order valence-electron chi connectivity index (χ1n) is 6.59. The van der Waals surface area contributed by atoms with Crippen molar-refractivity contribution in [1.29, 1.82) is 0 Å². The summed E-state index contributed by atoms with van der Waals surface area (Å²) in [7, 11) is 0. The second-order valence-electron chi connectivity index (χ2n) is 5.38. The van der Waals surface area contributed by atoms with E-state index in [-0.39, 0.29) is 24.8 Å². The highest BCUT2D eigenvalue weighted by Gasteiger charge is 2.42. The van der Waals surface area contributed by atoms with E-state index in [1.54, 1.807) is 11.3 Å². The Morgan fingerprint density at radius 3 is 2.47 bits per heavy atom. The zero-order valence-electron chi connectivity index (χ0n) is 10.9. The van der Waals surface area contributed by atoms with E-state index in [0.29, 0.717) is 19.3 Å². The van der Waals surface area contributed by atoms with Gasteiger partial charge in [0.05, 0.1) is 16.6 Å². The lowest BCUT2D eigenvalue weighted by Gasteiger charge is -2.32. The highest BCUT2D eigenvalue weighted by atomic mass is 32.1. The van der Waals surface area contributed by atoms with Crippen LogP contribution in [0.15, 0.2) is 5.38 Å². The van der Waals surface area contributed by atoms with Gasteiger partial charge in [0, 0.05) is 17.8 Å². The van der Waals surface area contributed by atoms with Gasteiger partial charge in [0.1, 0.15) is 0 Å². The number of alkyl halides is 3. The lowest BCUT2D eigenvalue weighted by Crippen LogP contribution is -2.37. The van der Waals surface area contributed by atoms with Crippen molar-refractivity contribution >= 4 is 11.3 Å². The molecule has 0 bridgehead atoms. The van der Waals surface area contributed by atoms with Crippen LogP contribution in [0, 0.1) is 18.8 Å². The Morgan fingerprint density at radius 1 is 1.37 bits per heavy atom. The van der Waals surface area contributed by atoms with Gasteiger partial charge in [-0.15, -0.1) is 11.3 Å². The van der Waals surface area contributed by atoms with Crippen LogP contribution in [0.25, 0.3) is 0 Å². The van der Waals surface area contributed by atoms with Crippen LogP contribution >= 0.6 is 11.3 Å². The second-order valence-corrected chi connectivity index (χ2v) is 6.44. The molecule has 108 valence electrons. The fraction of sp³-hybridized carbons (Fsp3) is 0.769. The maximum absolute atomic E-state index is 12.6. The van der Waals surface area contributed by atoms with Crippen LogP contribution in [0.3, 0.4) is 0 Å². The summed E-state index contributed by atoms with van der Waals surface area (Å²) < 4.78 is 37.7. The number of nitrogens with zero attached hydrogens (tertiary/aromatic N) is 1. The third-order valence-corrected chi connectivity index (χ3v) is 4.77. The summed E-state index contributed by atoms with van der Waals surface area (Å²) in [6, 6.07) is -0.0734. The molecule has 0 saturated heterocycles. The maximum Gasteiger partial charge on any atom is 0.391 e. The average molecular weight is 292 g/mol. The minimum absolute atomic E-state index is 0.0734. The molecule has 1 atom stereocenters. The Labute approximate surface area is 115 Å². The molecular formula is C13H19F3N2S. The topological polar surface area (TPSA) is 38.9 Å². The van der Waals surface area contributed by atoms with Gasteiger partial charge in [-0.2, -0.15) is 13.2 Å². The van der Waals surface area contributed by atoms with E-state index in [2.05, 4.69) is 4.98 Å². The summed E-state index contributed by atoms with van der Waals surface area (Å²) >= 11 is 1.58. The van der Waals surface area contributed by atoms with Gasteiger partial charge in [-0.05, 0) is 38.5 Å². The van der Waals surface area contributed by atoms with Gasteiger partial charge in [0.2, 0.25) is 0 Å². The Balaban J connectivity index is 1.84. The normalized spacial score (nSPS) is 26.4. The molecule has 2 N–H and O–H groups in total. The molecule has 0 spiro atoms. The number of thiazole rings is 1. The largest absolute Gasteiger partial charge is 0.391 e. The Kier molecular flexibility index (Phi) is 4.50. The molecule has 0 amide bonds. The molecule has 1 saturated carbocycles. The van der Waals surface area contributed by atoms with E-state index < -0.39 is 12.1 Å². The number of rotatable bonds is 3. The molecule has 1 unspecified atom stereocenters. The van der Waals surface area contributed by atoms with Crippen molar-refractivity contribution < 1.29 is 13.2 Å². The number of halogens is 3. The quantitative estimate of drug-likeness (QED) is 0.922. The molecule has 2 nitrogen and oxygen atoms in total. The van der Waals surface area contributed by atoms with Gasteiger partial charge in [-0.1, -0.05) is 0 Å². The number of aromatic nitrogens is 1. The highest BCUT2D eigenvalue weighted by molar-refractivity contribution is 7.09. The van der Waals surface area contributed by atoms with E-state index in [4.69, 9.17) is 5.73 Å². The number of nitrogens with two attached hydrogens (primary N) is 1. The van der Waals surface area contributed by atoms with Gasteiger partial charge in [0.25, 0.3) is 0 Å². The smallest absolute Gasteiger partial charge is 0.327 e. The highest BCUT2D eigenvalue weighted by Crippen LogP contribution is 2.40. The lowest BCUT2D eigenvalue weighted by molar-refractivity contribution is -0.184. The summed E-state index contributed by atoms with van der Waals surface area (Å²) in [5.74, 6) is -0.932. The standard InChI is InChI=1S/C13H19F3N2S/c1-8-18-11(7-19-8)6-12(17)9-2-4-10(5-3-9)13(14,15)16/h7,9-10,12H,2-6,17H2,1H3. The summed E-state index contributed by atoms with van der Waals surface area (Å²) in [4.78, 5) is 4.36. The molecule has 0 radical (unpaired) electrons. The SMILES string of the molecule is Cc1nc(CC(N)C2CCC(C(F)(F)F)CC2)cs1. The minimum atomic E-state index is -4.04. The van der Waals surface area contributed by atoms with E-state index in [9.17, 15) is 13.2 Å². The first-order chi connectivity index (χ1) is 8.86. The molecule has 0 aromatic carbocycles. The van der Waals surface area contributed by atoms with Crippen LogP contribution in [-0.2, 0) is 6.42 Å². The van der Waals surface area contributed by atoms with E-state index in [1.165, 1.54) is 0 Å². The Morgan fingerprint density at radius 2 is 2.00 bits per heavy atom. The van der Waals surface area contributed by atoms with Crippen LogP contribution in [0.2, 0.25) is 0 Å². The summed E-state index contributed by atoms with van der Waals surface area (Å²) in [5, 5.41) is 2.99. The van der Waals surface area contributed by atoms with Crippen LogP contribution in [0.1, 0.15) is 36.4 Å². The van der Waals surface area contributed by atoms with Gasteiger partial charge in [-0.25, -0.2) is 4.98 Å².